The van der Waals surface area contributed by atoms with Crippen LogP contribution in [0.5, 0.6) is 0 Å². The molecule has 208 valence electrons. The van der Waals surface area contributed by atoms with Crippen LogP contribution in [0.15, 0.2) is 0 Å². The van der Waals surface area contributed by atoms with Crippen molar-refractivity contribution in [1.82, 2.24) is 0 Å². The SMILES string of the molecule is COC(=O)CC[C@@H](C)[C@H]1CC[C@H]2[C@@H]3[C@H](Br)[C@@H]4OC[C@@]5(CC[C@@H](OC(C)=O)C[C@@H]45)[C@H]3C[C@H](OC(C)=O)[C@]12C. The van der Waals surface area contributed by atoms with Gasteiger partial charge in [0.05, 0.1) is 19.8 Å². The Morgan fingerprint density at radius 2 is 1.76 bits per heavy atom. The van der Waals surface area contributed by atoms with E-state index in [0.717, 1.165) is 51.6 Å². The van der Waals surface area contributed by atoms with Gasteiger partial charge in [0.25, 0.3) is 0 Å². The van der Waals surface area contributed by atoms with Gasteiger partial charge >= 0.3 is 17.9 Å². The molecule has 1 aliphatic heterocycles. The number of hydrogen-bond donors (Lipinski definition) is 0. The summed E-state index contributed by atoms with van der Waals surface area (Å²) in [5, 5.41) is 0. The summed E-state index contributed by atoms with van der Waals surface area (Å²) in [5.41, 5.74) is -0.100. The standard InChI is InChI=1S/C29H43BrO7/c1-15(6-9-24(33)34-5)19-7-8-20-25-21(13-23(28(19,20)4)37-17(3)32)29-11-10-18(36-16(2)31)12-22(29)27(26(25)30)35-14-29/h15,18-23,25-27H,6-14H2,1-5H3/t15-,18-,19-,20+,21+,22+,23+,25+,26+,27-,28-,29+/m1/s1. The summed E-state index contributed by atoms with van der Waals surface area (Å²) < 4.78 is 23.4. The minimum Gasteiger partial charge on any atom is -0.469 e. The molecule has 0 N–H and O–H groups in total. The molecule has 7 nitrogen and oxygen atoms in total. The van der Waals surface area contributed by atoms with E-state index in [4.69, 9.17) is 18.9 Å². The van der Waals surface area contributed by atoms with Crippen LogP contribution >= 0.6 is 15.9 Å². The van der Waals surface area contributed by atoms with E-state index in [0.29, 0.717) is 41.9 Å². The molecule has 4 aliphatic carbocycles. The van der Waals surface area contributed by atoms with Crippen LogP contribution in [0.4, 0.5) is 0 Å². The highest BCUT2D eigenvalue weighted by Crippen LogP contribution is 2.71. The Kier molecular flexibility index (Phi) is 7.49. The minimum absolute atomic E-state index is 0.0410. The summed E-state index contributed by atoms with van der Waals surface area (Å²) in [7, 11) is 1.44. The van der Waals surface area contributed by atoms with Crippen molar-refractivity contribution in [3.05, 3.63) is 0 Å². The van der Waals surface area contributed by atoms with Crippen molar-refractivity contribution in [3.8, 4) is 0 Å². The molecule has 0 aromatic carbocycles. The van der Waals surface area contributed by atoms with Gasteiger partial charge in [0.2, 0.25) is 0 Å². The molecule has 1 saturated heterocycles. The normalized spacial score (nSPS) is 46.7. The van der Waals surface area contributed by atoms with Gasteiger partial charge in [-0.25, -0.2) is 0 Å². The number of rotatable bonds is 6. The molecule has 0 radical (unpaired) electrons. The lowest BCUT2D eigenvalue weighted by molar-refractivity contribution is -0.192. The maximum Gasteiger partial charge on any atom is 0.305 e. The average Bonchev–Trinajstić information content (AvgIpc) is 3.37. The van der Waals surface area contributed by atoms with Gasteiger partial charge in [-0.3, -0.25) is 14.4 Å². The van der Waals surface area contributed by atoms with Crippen LogP contribution in [0.1, 0.15) is 79.1 Å². The Balaban J connectivity index is 1.46. The molecular weight excluding hydrogens is 540 g/mol. The van der Waals surface area contributed by atoms with Crippen molar-refractivity contribution < 1.29 is 33.3 Å². The lowest BCUT2D eigenvalue weighted by Gasteiger charge is -2.63. The molecule has 8 heteroatoms. The van der Waals surface area contributed by atoms with Crippen LogP contribution < -0.4 is 0 Å². The van der Waals surface area contributed by atoms with E-state index in [1.807, 2.05) is 0 Å². The second kappa shape index (κ2) is 10.1. The van der Waals surface area contributed by atoms with Gasteiger partial charge in [-0.2, -0.15) is 0 Å². The molecule has 0 amide bonds. The van der Waals surface area contributed by atoms with Crippen LogP contribution in [0.25, 0.3) is 0 Å². The molecule has 12 atom stereocenters. The third kappa shape index (κ3) is 4.36. The number of esters is 3. The number of hydrogen-bond acceptors (Lipinski definition) is 7. The fourth-order valence-electron chi connectivity index (χ4n) is 9.95. The Labute approximate surface area is 229 Å². The highest BCUT2D eigenvalue weighted by Gasteiger charge is 2.71. The van der Waals surface area contributed by atoms with Gasteiger partial charge < -0.3 is 18.9 Å². The molecule has 1 heterocycles. The highest BCUT2D eigenvalue weighted by molar-refractivity contribution is 9.09. The molecule has 0 aromatic heterocycles. The summed E-state index contributed by atoms with van der Waals surface area (Å²) in [5.74, 6) is 1.72. The van der Waals surface area contributed by atoms with E-state index in [-0.39, 0.29) is 51.9 Å². The van der Waals surface area contributed by atoms with Crippen molar-refractivity contribution >= 4 is 33.8 Å². The molecule has 5 fully saturated rings. The van der Waals surface area contributed by atoms with Crippen LogP contribution in [0, 0.1) is 46.3 Å². The Morgan fingerprint density at radius 3 is 2.43 bits per heavy atom. The van der Waals surface area contributed by atoms with Crippen molar-refractivity contribution in [2.24, 2.45) is 46.3 Å². The predicted octanol–water partition coefficient (Wildman–Crippen LogP) is 5.07. The molecule has 5 aliphatic rings. The number of carbonyl (C=O) groups is 3. The van der Waals surface area contributed by atoms with Gasteiger partial charge in [-0.15, -0.1) is 0 Å². The monoisotopic (exact) mass is 582 g/mol. The smallest absolute Gasteiger partial charge is 0.305 e. The lowest BCUT2D eigenvalue weighted by Crippen LogP contribution is -2.64. The number of halogens is 1. The highest BCUT2D eigenvalue weighted by atomic mass is 79.9. The molecule has 0 unspecified atom stereocenters. The fraction of sp³-hybridized carbons (Fsp3) is 0.897. The molecule has 4 saturated carbocycles. The number of methoxy groups -OCH3 is 1. The van der Waals surface area contributed by atoms with Crippen molar-refractivity contribution in [3.63, 3.8) is 0 Å². The Bertz CT molecular complexity index is 924. The summed E-state index contributed by atoms with van der Waals surface area (Å²) in [6.07, 6.45) is 6.88. The molecular formula is C29H43BrO7. The van der Waals surface area contributed by atoms with Crippen molar-refractivity contribution in [2.75, 3.05) is 13.7 Å². The van der Waals surface area contributed by atoms with E-state index in [9.17, 15) is 14.4 Å². The van der Waals surface area contributed by atoms with Gasteiger partial charge in [0.15, 0.2) is 0 Å². The van der Waals surface area contributed by atoms with E-state index >= 15 is 0 Å². The first-order valence-electron chi connectivity index (χ1n) is 14.2. The average molecular weight is 584 g/mol. The number of carbonyl (C=O) groups excluding carboxylic acids is 3. The minimum atomic E-state index is -0.212. The zero-order valence-corrected chi connectivity index (χ0v) is 24.5. The van der Waals surface area contributed by atoms with E-state index in [1.165, 1.54) is 21.0 Å². The number of alkyl halides is 1. The predicted molar refractivity (Wildman–Crippen MR) is 140 cm³/mol. The summed E-state index contributed by atoms with van der Waals surface area (Å²) >= 11 is 4.16. The maximum absolute atomic E-state index is 12.4. The van der Waals surface area contributed by atoms with Crippen LogP contribution in [-0.2, 0) is 33.3 Å². The van der Waals surface area contributed by atoms with Crippen LogP contribution in [-0.4, -0.2) is 54.8 Å². The van der Waals surface area contributed by atoms with Gasteiger partial charge in [-0.1, -0.05) is 29.8 Å². The third-order valence-corrected chi connectivity index (χ3v) is 12.5. The van der Waals surface area contributed by atoms with Gasteiger partial charge in [0.1, 0.15) is 12.2 Å². The zero-order valence-electron chi connectivity index (χ0n) is 22.9. The van der Waals surface area contributed by atoms with Crippen LogP contribution in [0.2, 0.25) is 0 Å². The second-order valence-corrected chi connectivity index (χ2v) is 13.9. The quantitative estimate of drug-likeness (QED) is 0.245. The molecule has 0 aromatic rings. The first-order chi connectivity index (χ1) is 17.5. The van der Waals surface area contributed by atoms with E-state index in [2.05, 4.69) is 29.8 Å². The number of ether oxygens (including phenoxy) is 4. The first kappa shape index (κ1) is 27.4. The van der Waals surface area contributed by atoms with Crippen molar-refractivity contribution in [1.29, 1.82) is 0 Å². The summed E-state index contributed by atoms with van der Waals surface area (Å²) in [4.78, 5) is 36.2. The topological polar surface area (TPSA) is 88.1 Å². The van der Waals surface area contributed by atoms with Crippen molar-refractivity contribution in [2.45, 2.75) is 102 Å². The van der Waals surface area contributed by atoms with E-state index < -0.39 is 0 Å². The Morgan fingerprint density at radius 1 is 1.03 bits per heavy atom. The summed E-state index contributed by atoms with van der Waals surface area (Å²) in [6.45, 7) is 8.38. The van der Waals surface area contributed by atoms with Gasteiger partial charge in [0, 0.05) is 35.9 Å². The van der Waals surface area contributed by atoms with E-state index in [1.54, 1.807) is 0 Å². The second-order valence-electron chi connectivity index (χ2n) is 12.8. The lowest BCUT2D eigenvalue weighted by atomic mass is 9.43. The summed E-state index contributed by atoms with van der Waals surface area (Å²) in [6, 6.07) is 0. The molecule has 0 spiro atoms. The first-order valence-corrected chi connectivity index (χ1v) is 15.1. The zero-order chi connectivity index (χ0) is 26.7. The Hall–Kier alpha value is -1.15. The molecule has 37 heavy (non-hydrogen) atoms. The fourth-order valence-corrected chi connectivity index (χ4v) is 11.2. The van der Waals surface area contributed by atoms with Gasteiger partial charge in [-0.05, 0) is 80.5 Å². The third-order valence-electron chi connectivity index (χ3n) is 11.4. The largest absolute Gasteiger partial charge is 0.469 e. The molecule has 5 rings (SSSR count). The van der Waals surface area contributed by atoms with Crippen LogP contribution in [0.3, 0.4) is 0 Å². The number of fused-ring (bicyclic) bond motifs is 3. The molecule has 2 bridgehead atoms. The maximum atomic E-state index is 12.4.